The van der Waals surface area contributed by atoms with E-state index < -0.39 is 5.91 Å². The Kier molecular flexibility index (Phi) is 4.39. The number of rotatable bonds is 3. The summed E-state index contributed by atoms with van der Waals surface area (Å²) in [6.07, 6.45) is 1.48. The Balaban J connectivity index is 1.51. The summed E-state index contributed by atoms with van der Waals surface area (Å²) in [6.45, 7) is 3.85. The van der Waals surface area contributed by atoms with Gasteiger partial charge in [0, 0.05) is 18.2 Å². The molecule has 0 radical (unpaired) electrons. The summed E-state index contributed by atoms with van der Waals surface area (Å²) in [5, 5.41) is 6.84. The highest BCUT2D eigenvalue weighted by molar-refractivity contribution is 6.05. The molecule has 1 aliphatic carbocycles. The Morgan fingerprint density at radius 2 is 1.87 bits per heavy atom. The van der Waals surface area contributed by atoms with E-state index in [9.17, 15) is 9.59 Å². The smallest absolute Gasteiger partial charge is 0.295 e. The van der Waals surface area contributed by atoms with Crippen LogP contribution >= 0.6 is 0 Å². The molecule has 1 amide bonds. The first-order chi connectivity index (χ1) is 15.0. The number of benzene rings is 2. The average molecular weight is 414 g/mol. The van der Waals surface area contributed by atoms with Crippen molar-refractivity contribution >= 4 is 11.6 Å². The second-order valence-corrected chi connectivity index (χ2v) is 7.89. The second kappa shape index (κ2) is 7.12. The topological polar surface area (TPSA) is 82.1 Å². The van der Waals surface area contributed by atoms with E-state index in [1.54, 1.807) is 18.7 Å². The Morgan fingerprint density at radius 1 is 1.10 bits per heavy atom. The molecule has 0 bridgehead atoms. The number of para-hydroxylation sites is 1. The van der Waals surface area contributed by atoms with E-state index in [0.29, 0.717) is 17.9 Å². The zero-order valence-corrected chi connectivity index (χ0v) is 17.6. The lowest BCUT2D eigenvalue weighted by atomic mass is 9.88. The standard InChI is InChI=1S/C24H22N4O3/c1-14-9-11-18-16(13-14)10-12-19-21(26-31-22(18)19)23(29)25-20-15(2)27(3)28(24(20)30)17-7-5-4-6-8-17/h4-9,11,13H,10,12H2,1-3H3,(H,25,29). The third kappa shape index (κ3) is 3.01. The van der Waals surface area contributed by atoms with Crippen LogP contribution < -0.4 is 10.9 Å². The van der Waals surface area contributed by atoms with Crippen LogP contribution in [0.5, 0.6) is 0 Å². The first-order valence-corrected chi connectivity index (χ1v) is 10.2. The van der Waals surface area contributed by atoms with Crippen LogP contribution in [0.3, 0.4) is 0 Å². The average Bonchev–Trinajstić information content (AvgIpc) is 3.29. The van der Waals surface area contributed by atoms with Crippen LogP contribution in [0.2, 0.25) is 0 Å². The van der Waals surface area contributed by atoms with Gasteiger partial charge in [0.25, 0.3) is 11.5 Å². The second-order valence-electron chi connectivity index (χ2n) is 7.89. The van der Waals surface area contributed by atoms with Crippen LogP contribution in [-0.4, -0.2) is 20.4 Å². The largest absolute Gasteiger partial charge is 0.355 e. The molecule has 0 saturated carbocycles. The summed E-state index contributed by atoms with van der Waals surface area (Å²) in [5.41, 5.74) is 5.69. The number of amides is 1. The number of aryl methyl sites for hydroxylation is 2. The van der Waals surface area contributed by atoms with Gasteiger partial charge in [-0.2, -0.15) is 0 Å². The number of anilines is 1. The highest BCUT2D eigenvalue weighted by Crippen LogP contribution is 2.36. The van der Waals surface area contributed by atoms with Crippen LogP contribution in [-0.2, 0) is 19.9 Å². The minimum absolute atomic E-state index is 0.232. The fraction of sp³-hybridized carbons (Fsp3) is 0.208. The Morgan fingerprint density at radius 3 is 2.65 bits per heavy atom. The molecule has 4 aromatic rings. The molecule has 7 nitrogen and oxygen atoms in total. The highest BCUT2D eigenvalue weighted by atomic mass is 16.5. The van der Waals surface area contributed by atoms with Crippen LogP contribution in [0.25, 0.3) is 17.0 Å². The van der Waals surface area contributed by atoms with Gasteiger partial charge in [-0.1, -0.05) is 47.1 Å². The molecule has 0 saturated heterocycles. The highest BCUT2D eigenvalue weighted by Gasteiger charge is 2.29. The van der Waals surface area contributed by atoms with Gasteiger partial charge < -0.3 is 9.84 Å². The fourth-order valence-corrected chi connectivity index (χ4v) is 4.23. The molecule has 0 atom stereocenters. The summed E-state index contributed by atoms with van der Waals surface area (Å²) in [6, 6.07) is 15.5. The van der Waals surface area contributed by atoms with Gasteiger partial charge >= 0.3 is 0 Å². The van der Waals surface area contributed by atoms with E-state index in [1.165, 1.54) is 15.8 Å². The number of hydrogen-bond acceptors (Lipinski definition) is 4. The van der Waals surface area contributed by atoms with Crippen molar-refractivity contribution in [2.45, 2.75) is 26.7 Å². The number of nitrogens with zero attached hydrogens (tertiary/aromatic N) is 3. The number of nitrogens with one attached hydrogen (secondary N) is 1. The predicted octanol–water partition coefficient (Wildman–Crippen LogP) is 3.80. The quantitative estimate of drug-likeness (QED) is 0.553. The maximum atomic E-state index is 13.1. The third-order valence-electron chi connectivity index (χ3n) is 5.95. The van der Waals surface area contributed by atoms with E-state index in [2.05, 4.69) is 23.5 Å². The lowest BCUT2D eigenvalue weighted by Gasteiger charge is -2.15. The summed E-state index contributed by atoms with van der Waals surface area (Å²) >= 11 is 0. The monoisotopic (exact) mass is 414 g/mol. The molecule has 31 heavy (non-hydrogen) atoms. The Hall–Kier alpha value is -3.87. The molecule has 0 spiro atoms. The molecule has 1 aliphatic rings. The van der Waals surface area contributed by atoms with Crippen molar-refractivity contribution in [2.75, 3.05) is 5.32 Å². The minimum Gasteiger partial charge on any atom is -0.355 e. The SMILES string of the molecule is Cc1ccc2c(c1)CCc1c(C(=O)Nc3c(C)n(C)n(-c4ccccc4)c3=O)noc1-2. The van der Waals surface area contributed by atoms with Crippen molar-refractivity contribution in [3.8, 4) is 17.0 Å². The van der Waals surface area contributed by atoms with Crippen molar-refractivity contribution in [3.63, 3.8) is 0 Å². The number of carbonyl (C=O) groups excluding carboxylic acids is 1. The number of aromatic nitrogens is 3. The molecule has 0 fully saturated rings. The Labute approximate surface area is 178 Å². The number of hydrogen-bond donors (Lipinski definition) is 1. The van der Waals surface area contributed by atoms with Crippen molar-refractivity contribution in [1.82, 2.24) is 14.5 Å². The van der Waals surface area contributed by atoms with Crippen molar-refractivity contribution < 1.29 is 9.32 Å². The van der Waals surface area contributed by atoms with Gasteiger partial charge in [0.15, 0.2) is 11.5 Å². The molecular formula is C24H22N4O3. The minimum atomic E-state index is -0.438. The van der Waals surface area contributed by atoms with Crippen LogP contribution in [0, 0.1) is 13.8 Å². The van der Waals surface area contributed by atoms with Gasteiger partial charge in [0.05, 0.1) is 11.4 Å². The van der Waals surface area contributed by atoms with Gasteiger partial charge in [-0.3, -0.25) is 14.3 Å². The van der Waals surface area contributed by atoms with Gasteiger partial charge in [0.2, 0.25) is 0 Å². The summed E-state index contributed by atoms with van der Waals surface area (Å²) in [7, 11) is 1.79. The van der Waals surface area contributed by atoms with Gasteiger partial charge in [-0.25, -0.2) is 4.68 Å². The molecule has 0 aliphatic heterocycles. The van der Waals surface area contributed by atoms with E-state index in [4.69, 9.17) is 4.52 Å². The zero-order chi connectivity index (χ0) is 21.7. The molecule has 2 aromatic carbocycles. The number of carbonyl (C=O) groups is 1. The van der Waals surface area contributed by atoms with Crippen molar-refractivity contribution in [2.24, 2.45) is 7.05 Å². The van der Waals surface area contributed by atoms with E-state index in [-0.39, 0.29) is 16.9 Å². The molecule has 156 valence electrons. The molecule has 2 aromatic heterocycles. The molecular weight excluding hydrogens is 392 g/mol. The normalized spacial score (nSPS) is 12.4. The first-order valence-electron chi connectivity index (χ1n) is 10.2. The van der Waals surface area contributed by atoms with Gasteiger partial charge in [-0.15, -0.1) is 0 Å². The fourth-order valence-electron chi connectivity index (χ4n) is 4.23. The van der Waals surface area contributed by atoms with Gasteiger partial charge in [-0.05, 0) is 44.4 Å². The lowest BCUT2D eigenvalue weighted by Crippen LogP contribution is -2.23. The van der Waals surface area contributed by atoms with Gasteiger partial charge in [0.1, 0.15) is 5.69 Å². The summed E-state index contributed by atoms with van der Waals surface area (Å²) in [4.78, 5) is 26.2. The number of fused-ring (bicyclic) bond motifs is 3. The maximum absolute atomic E-state index is 13.1. The first kappa shape index (κ1) is 19.1. The maximum Gasteiger partial charge on any atom is 0.295 e. The van der Waals surface area contributed by atoms with Crippen LogP contribution in [0.15, 0.2) is 57.8 Å². The zero-order valence-electron chi connectivity index (χ0n) is 17.6. The lowest BCUT2D eigenvalue weighted by molar-refractivity contribution is 0.101. The van der Waals surface area contributed by atoms with Crippen molar-refractivity contribution in [1.29, 1.82) is 0 Å². The molecule has 5 rings (SSSR count). The Bertz CT molecular complexity index is 1380. The van der Waals surface area contributed by atoms with Crippen LogP contribution in [0.4, 0.5) is 5.69 Å². The van der Waals surface area contributed by atoms with E-state index in [1.807, 2.05) is 42.5 Å². The molecule has 2 heterocycles. The molecule has 0 unspecified atom stereocenters. The van der Waals surface area contributed by atoms with Crippen molar-refractivity contribution in [3.05, 3.63) is 87.0 Å². The molecule has 7 heteroatoms. The third-order valence-corrected chi connectivity index (χ3v) is 5.95. The van der Waals surface area contributed by atoms with E-state index in [0.717, 1.165) is 23.2 Å². The molecule has 1 N–H and O–H groups in total. The summed E-state index contributed by atoms with van der Waals surface area (Å²) < 4.78 is 8.83. The van der Waals surface area contributed by atoms with Crippen LogP contribution in [0.1, 0.15) is 32.9 Å². The summed E-state index contributed by atoms with van der Waals surface area (Å²) in [5.74, 6) is 0.199. The van der Waals surface area contributed by atoms with E-state index >= 15 is 0 Å². The predicted molar refractivity (Wildman–Crippen MR) is 118 cm³/mol.